The maximum atomic E-state index is 14.2. The molecule has 15 heteroatoms. The molecule has 312 valence electrons. The van der Waals surface area contributed by atoms with E-state index >= 15 is 0 Å². The fourth-order valence-corrected chi connectivity index (χ4v) is 6.50. The second kappa shape index (κ2) is 23.4. The van der Waals surface area contributed by atoms with Crippen LogP contribution in [0.3, 0.4) is 0 Å². The smallest absolute Gasteiger partial charge is 0.408 e. The second-order valence-corrected chi connectivity index (χ2v) is 14.7. The van der Waals surface area contributed by atoms with Crippen LogP contribution >= 0.6 is 0 Å². The minimum atomic E-state index is -1.24. The standard InChI is InChI=1S/C43H57N7O8/c1-4-57-42(55)34(44)19-10-11-20-46-39(52)24-38(51)35(21-28(2)3)48-41(54)37(23-32-25-45-27-47-32)49-40(53)36(50-43(56)58-26-29-13-6-5-7-14-29)22-31-17-12-16-30-15-8-9-18-33(30)31/h5-9,12-18,25,27-28,34-38,51H,4,10-11,19-24,26,44H2,1-3H3,(H,45,47)(H,46,52)(H,48,54)(H,49,53)(H,50,56)/t34?,35-,36-,37-,38-/m0/s1. The molecule has 4 aromatic rings. The number of nitrogens with one attached hydrogen (secondary N) is 5. The van der Waals surface area contributed by atoms with Gasteiger partial charge in [0.15, 0.2) is 0 Å². The fraction of sp³-hybridized carbons (Fsp3) is 0.442. The highest BCUT2D eigenvalue weighted by molar-refractivity contribution is 5.93. The molecule has 0 bridgehead atoms. The van der Waals surface area contributed by atoms with E-state index in [0.717, 1.165) is 21.9 Å². The quantitative estimate of drug-likeness (QED) is 0.0426. The van der Waals surface area contributed by atoms with Gasteiger partial charge in [-0.05, 0) is 60.4 Å². The SMILES string of the molecule is CCOC(=O)C(N)CCCCNC(=O)C[C@H](O)[C@H](CC(C)C)NC(=O)[C@H](Cc1cnc[nH]1)NC(=O)[C@H](Cc1cccc2ccccc12)NC(=O)OCc1ccccc1. The number of aliphatic hydroxyl groups excluding tert-OH is 1. The lowest BCUT2D eigenvalue weighted by molar-refractivity contribution is -0.144. The molecule has 0 spiro atoms. The lowest BCUT2D eigenvalue weighted by Gasteiger charge is -2.29. The number of hydrogen-bond donors (Lipinski definition) is 7. The van der Waals surface area contributed by atoms with Crippen molar-refractivity contribution in [1.82, 2.24) is 31.2 Å². The number of aromatic nitrogens is 2. The molecule has 0 aliphatic heterocycles. The van der Waals surface area contributed by atoms with Gasteiger partial charge in [0.25, 0.3) is 0 Å². The van der Waals surface area contributed by atoms with Crippen LogP contribution < -0.4 is 27.0 Å². The molecule has 8 N–H and O–H groups in total. The summed E-state index contributed by atoms with van der Waals surface area (Å²) in [5, 5.41) is 24.3. The monoisotopic (exact) mass is 799 g/mol. The Labute approximate surface area is 339 Å². The van der Waals surface area contributed by atoms with Crippen molar-refractivity contribution in [3.63, 3.8) is 0 Å². The molecule has 0 radical (unpaired) electrons. The molecule has 0 aliphatic rings. The number of aliphatic hydroxyl groups is 1. The van der Waals surface area contributed by atoms with E-state index < -0.39 is 60.1 Å². The summed E-state index contributed by atoms with van der Waals surface area (Å²) >= 11 is 0. The summed E-state index contributed by atoms with van der Waals surface area (Å²) in [7, 11) is 0. The van der Waals surface area contributed by atoms with Gasteiger partial charge in [0.05, 0.1) is 31.5 Å². The normalized spacial score (nSPS) is 13.8. The number of H-pyrrole nitrogens is 1. The Balaban J connectivity index is 1.45. The molecule has 58 heavy (non-hydrogen) atoms. The average Bonchev–Trinajstić information content (AvgIpc) is 3.72. The van der Waals surface area contributed by atoms with E-state index in [1.54, 1.807) is 6.92 Å². The molecule has 0 aliphatic carbocycles. The predicted molar refractivity (Wildman–Crippen MR) is 219 cm³/mol. The molecule has 0 saturated heterocycles. The van der Waals surface area contributed by atoms with Gasteiger partial charge in [-0.15, -0.1) is 0 Å². The van der Waals surface area contributed by atoms with E-state index in [1.807, 2.05) is 86.6 Å². The number of fused-ring (bicyclic) bond motifs is 1. The van der Waals surface area contributed by atoms with Gasteiger partial charge in [0.1, 0.15) is 24.7 Å². The number of unbranched alkanes of at least 4 members (excludes halogenated alkanes) is 1. The minimum Gasteiger partial charge on any atom is -0.465 e. The van der Waals surface area contributed by atoms with Crippen LogP contribution in [0.25, 0.3) is 10.8 Å². The van der Waals surface area contributed by atoms with Crippen LogP contribution in [0, 0.1) is 5.92 Å². The van der Waals surface area contributed by atoms with E-state index in [0.29, 0.717) is 37.9 Å². The van der Waals surface area contributed by atoms with Crippen molar-refractivity contribution >= 4 is 40.6 Å². The molecular formula is C43H57N7O8. The number of aromatic amines is 1. The summed E-state index contributed by atoms with van der Waals surface area (Å²) in [6.07, 6.45) is 2.68. The number of benzene rings is 3. The van der Waals surface area contributed by atoms with E-state index in [9.17, 15) is 29.1 Å². The predicted octanol–water partition coefficient (Wildman–Crippen LogP) is 3.59. The molecule has 4 rings (SSSR count). The van der Waals surface area contributed by atoms with Crippen molar-refractivity contribution in [2.75, 3.05) is 13.2 Å². The number of imidazole rings is 1. The van der Waals surface area contributed by atoms with Crippen LogP contribution in [0.4, 0.5) is 4.79 Å². The number of alkyl carbamates (subject to hydrolysis) is 1. The van der Waals surface area contributed by atoms with Gasteiger partial charge in [-0.1, -0.05) is 86.6 Å². The number of hydrogen-bond acceptors (Lipinski definition) is 10. The Morgan fingerprint density at radius 1 is 0.845 bits per heavy atom. The van der Waals surface area contributed by atoms with Crippen LogP contribution in [0.5, 0.6) is 0 Å². The third kappa shape index (κ3) is 14.9. The number of carbonyl (C=O) groups is 5. The van der Waals surface area contributed by atoms with Gasteiger partial charge in [-0.3, -0.25) is 19.2 Å². The molecule has 0 fully saturated rings. The lowest BCUT2D eigenvalue weighted by atomic mass is 9.96. The van der Waals surface area contributed by atoms with Crippen LogP contribution in [-0.2, 0) is 48.1 Å². The second-order valence-electron chi connectivity index (χ2n) is 14.7. The zero-order valence-electron chi connectivity index (χ0n) is 33.4. The number of nitrogens with two attached hydrogens (primary N) is 1. The molecule has 1 aromatic heterocycles. The van der Waals surface area contributed by atoms with Crippen molar-refractivity contribution in [2.45, 2.75) is 103 Å². The average molecular weight is 800 g/mol. The summed E-state index contributed by atoms with van der Waals surface area (Å²) in [5.74, 6) is -2.07. The lowest BCUT2D eigenvalue weighted by Crippen LogP contribution is -2.57. The number of nitrogens with zero attached hydrogens (tertiary/aromatic N) is 1. The topological polar surface area (TPSA) is 227 Å². The Kier molecular flexibility index (Phi) is 18.1. The molecule has 1 heterocycles. The number of carbonyl (C=O) groups excluding carboxylic acids is 5. The van der Waals surface area contributed by atoms with Crippen LogP contribution in [0.15, 0.2) is 85.3 Å². The highest BCUT2D eigenvalue weighted by atomic mass is 16.5. The van der Waals surface area contributed by atoms with Crippen molar-refractivity contribution < 1.29 is 38.6 Å². The number of ether oxygens (including phenoxy) is 2. The molecular weight excluding hydrogens is 743 g/mol. The molecule has 3 aromatic carbocycles. The first-order valence-corrected chi connectivity index (χ1v) is 19.8. The summed E-state index contributed by atoms with van der Waals surface area (Å²) in [6, 6.07) is 18.7. The molecule has 0 saturated carbocycles. The summed E-state index contributed by atoms with van der Waals surface area (Å²) < 4.78 is 10.4. The first-order valence-electron chi connectivity index (χ1n) is 19.8. The molecule has 4 amide bonds. The van der Waals surface area contributed by atoms with E-state index in [4.69, 9.17) is 15.2 Å². The van der Waals surface area contributed by atoms with Crippen LogP contribution in [0.1, 0.15) is 69.7 Å². The van der Waals surface area contributed by atoms with E-state index in [2.05, 4.69) is 31.2 Å². The van der Waals surface area contributed by atoms with Gasteiger partial charge in [-0.2, -0.15) is 0 Å². The third-order valence-electron chi connectivity index (χ3n) is 9.50. The third-order valence-corrected chi connectivity index (χ3v) is 9.50. The van der Waals surface area contributed by atoms with Gasteiger partial charge < -0.3 is 46.6 Å². The molecule has 1 unspecified atom stereocenters. The minimum absolute atomic E-state index is 0.0104. The van der Waals surface area contributed by atoms with Crippen molar-refractivity contribution in [2.24, 2.45) is 11.7 Å². The summed E-state index contributed by atoms with van der Waals surface area (Å²) in [4.78, 5) is 73.1. The summed E-state index contributed by atoms with van der Waals surface area (Å²) in [6.45, 7) is 6.12. The maximum absolute atomic E-state index is 14.2. The Bertz CT molecular complexity index is 1900. The van der Waals surface area contributed by atoms with Gasteiger partial charge >= 0.3 is 12.1 Å². The van der Waals surface area contributed by atoms with Gasteiger partial charge in [0.2, 0.25) is 17.7 Å². The molecule has 15 nitrogen and oxygen atoms in total. The number of amides is 4. The Hall–Kier alpha value is -5.80. The van der Waals surface area contributed by atoms with Crippen LogP contribution in [-0.4, -0.2) is 88.3 Å². The number of rotatable bonds is 23. The van der Waals surface area contributed by atoms with Crippen molar-refractivity contribution in [1.29, 1.82) is 0 Å². The largest absolute Gasteiger partial charge is 0.465 e. The van der Waals surface area contributed by atoms with Crippen LogP contribution in [0.2, 0.25) is 0 Å². The van der Waals surface area contributed by atoms with Crippen molar-refractivity contribution in [3.8, 4) is 0 Å². The first kappa shape index (κ1) is 44.9. The van der Waals surface area contributed by atoms with Gasteiger partial charge in [-0.25, -0.2) is 9.78 Å². The first-order chi connectivity index (χ1) is 27.9. The highest BCUT2D eigenvalue weighted by Crippen LogP contribution is 2.20. The number of esters is 1. The van der Waals surface area contributed by atoms with Gasteiger partial charge in [0, 0.05) is 31.3 Å². The Morgan fingerprint density at radius 2 is 1.55 bits per heavy atom. The fourth-order valence-electron chi connectivity index (χ4n) is 6.50. The maximum Gasteiger partial charge on any atom is 0.408 e. The zero-order valence-corrected chi connectivity index (χ0v) is 33.4. The van der Waals surface area contributed by atoms with E-state index in [1.165, 1.54) is 12.5 Å². The molecule has 5 atom stereocenters. The van der Waals surface area contributed by atoms with E-state index in [-0.39, 0.29) is 38.4 Å². The highest BCUT2D eigenvalue weighted by Gasteiger charge is 2.32. The Morgan fingerprint density at radius 3 is 2.28 bits per heavy atom. The summed E-state index contributed by atoms with van der Waals surface area (Å²) in [5.41, 5.74) is 7.97. The zero-order chi connectivity index (χ0) is 41.9. The van der Waals surface area contributed by atoms with Crippen molar-refractivity contribution in [3.05, 3.63) is 102 Å².